The predicted molar refractivity (Wildman–Crippen MR) is 99.2 cm³/mol. The standard InChI is InChI=1S/C16H20ClN5O3S/c1-21(2)15(24)8-18-14(23)10-26-16-20-19-13(22(16)3)9-25-12-6-4-11(17)5-7-12/h4-7H,8-10H2,1-3H3,(H,18,23). The Hall–Kier alpha value is -2.26. The van der Waals surface area contributed by atoms with Crippen LogP contribution in [0.1, 0.15) is 5.82 Å². The van der Waals surface area contributed by atoms with Crippen LogP contribution in [0.3, 0.4) is 0 Å². The van der Waals surface area contributed by atoms with E-state index in [9.17, 15) is 9.59 Å². The molecule has 0 unspecified atom stereocenters. The quantitative estimate of drug-likeness (QED) is 0.676. The molecule has 0 fully saturated rings. The molecule has 0 radical (unpaired) electrons. The summed E-state index contributed by atoms with van der Waals surface area (Å²) in [5.74, 6) is 1.04. The average Bonchev–Trinajstić information content (AvgIpc) is 2.97. The van der Waals surface area contributed by atoms with Crippen molar-refractivity contribution in [1.82, 2.24) is 25.0 Å². The normalized spacial score (nSPS) is 10.5. The van der Waals surface area contributed by atoms with Gasteiger partial charge in [-0.05, 0) is 24.3 Å². The molecule has 2 aromatic rings. The summed E-state index contributed by atoms with van der Waals surface area (Å²) >= 11 is 7.07. The van der Waals surface area contributed by atoms with Crippen molar-refractivity contribution in [3.8, 4) is 5.75 Å². The maximum absolute atomic E-state index is 11.8. The number of amides is 2. The molecule has 0 saturated carbocycles. The van der Waals surface area contributed by atoms with Gasteiger partial charge in [0.2, 0.25) is 11.8 Å². The molecule has 1 aromatic carbocycles. The summed E-state index contributed by atoms with van der Waals surface area (Å²) < 4.78 is 7.40. The van der Waals surface area contributed by atoms with E-state index in [0.717, 1.165) is 0 Å². The third-order valence-electron chi connectivity index (χ3n) is 3.37. The summed E-state index contributed by atoms with van der Waals surface area (Å²) in [4.78, 5) is 24.7. The number of halogens is 1. The van der Waals surface area contributed by atoms with Crippen LogP contribution in [-0.2, 0) is 23.2 Å². The Kier molecular flexibility index (Phi) is 7.28. The van der Waals surface area contributed by atoms with Gasteiger partial charge in [-0.25, -0.2) is 0 Å². The molecule has 1 heterocycles. The van der Waals surface area contributed by atoms with E-state index >= 15 is 0 Å². The fraction of sp³-hybridized carbons (Fsp3) is 0.375. The van der Waals surface area contributed by atoms with Crippen LogP contribution in [0.25, 0.3) is 0 Å². The highest BCUT2D eigenvalue weighted by atomic mass is 35.5. The second-order valence-electron chi connectivity index (χ2n) is 5.55. The van der Waals surface area contributed by atoms with Gasteiger partial charge in [0.05, 0.1) is 12.3 Å². The Bertz CT molecular complexity index is 764. The van der Waals surface area contributed by atoms with Crippen LogP contribution in [0.15, 0.2) is 29.4 Å². The summed E-state index contributed by atoms with van der Waals surface area (Å²) in [5.41, 5.74) is 0. The van der Waals surface area contributed by atoms with Crippen molar-refractivity contribution in [2.24, 2.45) is 7.05 Å². The minimum atomic E-state index is -0.243. The van der Waals surface area contributed by atoms with Crippen molar-refractivity contribution >= 4 is 35.2 Å². The number of carbonyl (C=O) groups excluding carboxylic acids is 2. The van der Waals surface area contributed by atoms with Gasteiger partial charge in [0.25, 0.3) is 0 Å². The minimum Gasteiger partial charge on any atom is -0.486 e. The van der Waals surface area contributed by atoms with Crippen LogP contribution in [-0.4, -0.2) is 57.9 Å². The first-order valence-electron chi connectivity index (χ1n) is 7.73. The number of aromatic nitrogens is 3. The van der Waals surface area contributed by atoms with Crippen molar-refractivity contribution in [2.75, 3.05) is 26.4 Å². The Morgan fingerprint density at radius 2 is 1.96 bits per heavy atom. The lowest BCUT2D eigenvalue weighted by atomic mass is 10.3. The Morgan fingerprint density at radius 3 is 2.62 bits per heavy atom. The van der Waals surface area contributed by atoms with Gasteiger partial charge in [0, 0.05) is 26.2 Å². The largest absolute Gasteiger partial charge is 0.486 e. The minimum absolute atomic E-state index is 0.0224. The zero-order chi connectivity index (χ0) is 19.1. The van der Waals surface area contributed by atoms with Crippen LogP contribution < -0.4 is 10.1 Å². The summed E-state index contributed by atoms with van der Waals surface area (Å²) in [5, 5.41) is 11.9. The number of benzene rings is 1. The molecule has 0 spiro atoms. The second-order valence-corrected chi connectivity index (χ2v) is 6.93. The maximum atomic E-state index is 11.8. The Balaban J connectivity index is 1.81. The molecule has 0 aliphatic heterocycles. The van der Waals surface area contributed by atoms with Gasteiger partial charge in [-0.3, -0.25) is 9.59 Å². The first-order chi connectivity index (χ1) is 12.4. The molecular formula is C16H20ClN5O3S. The molecule has 1 N–H and O–H groups in total. The lowest BCUT2D eigenvalue weighted by Crippen LogP contribution is -2.37. The molecule has 10 heteroatoms. The molecule has 2 amide bonds. The number of carbonyl (C=O) groups is 2. The van der Waals surface area contributed by atoms with Crippen molar-refractivity contribution in [1.29, 1.82) is 0 Å². The number of thioether (sulfide) groups is 1. The van der Waals surface area contributed by atoms with E-state index in [0.29, 0.717) is 21.8 Å². The van der Waals surface area contributed by atoms with E-state index in [4.69, 9.17) is 16.3 Å². The fourth-order valence-electron chi connectivity index (χ4n) is 1.79. The highest BCUT2D eigenvalue weighted by molar-refractivity contribution is 7.99. The molecule has 0 aliphatic rings. The number of hydrogen-bond acceptors (Lipinski definition) is 6. The van der Waals surface area contributed by atoms with E-state index in [1.165, 1.54) is 16.7 Å². The highest BCUT2D eigenvalue weighted by Gasteiger charge is 2.13. The van der Waals surface area contributed by atoms with Crippen LogP contribution in [0.4, 0.5) is 0 Å². The van der Waals surface area contributed by atoms with Crippen LogP contribution in [0.5, 0.6) is 5.75 Å². The molecule has 0 atom stereocenters. The maximum Gasteiger partial charge on any atom is 0.241 e. The second kappa shape index (κ2) is 9.44. The lowest BCUT2D eigenvalue weighted by molar-refractivity contribution is -0.130. The van der Waals surface area contributed by atoms with Gasteiger partial charge in [0.1, 0.15) is 12.4 Å². The number of rotatable bonds is 8. The van der Waals surface area contributed by atoms with E-state index in [2.05, 4.69) is 15.5 Å². The molecule has 0 saturated heterocycles. The van der Waals surface area contributed by atoms with E-state index in [1.54, 1.807) is 50.0 Å². The lowest BCUT2D eigenvalue weighted by Gasteiger charge is -2.10. The van der Waals surface area contributed by atoms with E-state index < -0.39 is 0 Å². The third-order valence-corrected chi connectivity index (χ3v) is 4.65. The summed E-state index contributed by atoms with van der Waals surface area (Å²) in [6, 6.07) is 7.03. The Morgan fingerprint density at radius 1 is 1.27 bits per heavy atom. The van der Waals surface area contributed by atoms with Gasteiger partial charge < -0.3 is 19.5 Å². The topological polar surface area (TPSA) is 89.3 Å². The predicted octanol–water partition coefficient (Wildman–Crippen LogP) is 1.34. The van der Waals surface area contributed by atoms with Crippen molar-refractivity contribution in [3.05, 3.63) is 35.1 Å². The number of nitrogens with one attached hydrogen (secondary N) is 1. The SMILES string of the molecule is CN(C)C(=O)CNC(=O)CSc1nnc(COc2ccc(Cl)cc2)n1C. The molecule has 140 valence electrons. The smallest absolute Gasteiger partial charge is 0.241 e. The monoisotopic (exact) mass is 397 g/mol. The van der Waals surface area contributed by atoms with Gasteiger partial charge in [-0.15, -0.1) is 10.2 Å². The number of ether oxygens (including phenoxy) is 1. The zero-order valence-corrected chi connectivity index (χ0v) is 16.3. The van der Waals surface area contributed by atoms with E-state index in [-0.39, 0.29) is 30.7 Å². The van der Waals surface area contributed by atoms with Crippen molar-refractivity contribution < 1.29 is 14.3 Å². The molecule has 0 aliphatic carbocycles. The zero-order valence-electron chi connectivity index (χ0n) is 14.7. The Labute approximate surface area is 160 Å². The van der Waals surface area contributed by atoms with Gasteiger partial charge in [0.15, 0.2) is 11.0 Å². The molecule has 1 aromatic heterocycles. The number of hydrogen-bond donors (Lipinski definition) is 1. The average molecular weight is 398 g/mol. The van der Waals surface area contributed by atoms with Crippen LogP contribution in [0, 0.1) is 0 Å². The molecule has 26 heavy (non-hydrogen) atoms. The molecular weight excluding hydrogens is 378 g/mol. The number of likely N-dealkylation sites (N-methyl/N-ethyl adjacent to an activating group) is 1. The molecule has 0 bridgehead atoms. The molecule has 8 nitrogen and oxygen atoms in total. The van der Waals surface area contributed by atoms with Crippen LogP contribution >= 0.6 is 23.4 Å². The summed E-state index contributed by atoms with van der Waals surface area (Å²) in [7, 11) is 5.07. The fourth-order valence-corrected chi connectivity index (χ4v) is 2.67. The van der Waals surface area contributed by atoms with Gasteiger partial charge in [-0.1, -0.05) is 23.4 Å². The summed E-state index contributed by atoms with van der Waals surface area (Å²) in [6.45, 7) is 0.223. The van der Waals surface area contributed by atoms with Gasteiger partial charge in [-0.2, -0.15) is 0 Å². The van der Waals surface area contributed by atoms with Gasteiger partial charge >= 0.3 is 0 Å². The molecule has 2 rings (SSSR count). The number of nitrogens with zero attached hydrogens (tertiary/aromatic N) is 4. The highest BCUT2D eigenvalue weighted by Crippen LogP contribution is 2.18. The van der Waals surface area contributed by atoms with E-state index in [1.807, 2.05) is 0 Å². The van der Waals surface area contributed by atoms with Crippen LogP contribution in [0.2, 0.25) is 5.02 Å². The summed E-state index contributed by atoms with van der Waals surface area (Å²) in [6.07, 6.45) is 0. The first-order valence-corrected chi connectivity index (χ1v) is 9.09. The van der Waals surface area contributed by atoms with Crippen molar-refractivity contribution in [2.45, 2.75) is 11.8 Å². The first kappa shape index (κ1) is 20.1. The third kappa shape index (κ3) is 5.92. The van der Waals surface area contributed by atoms with Crippen molar-refractivity contribution in [3.63, 3.8) is 0 Å².